The van der Waals surface area contributed by atoms with Gasteiger partial charge in [0.25, 0.3) is 0 Å². The van der Waals surface area contributed by atoms with Crippen molar-refractivity contribution in [1.82, 2.24) is 5.32 Å². The number of hydrogen-bond donors (Lipinski definition) is 2. The molecule has 0 saturated heterocycles. The maximum Gasteiger partial charge on any atom is 0.119 e. The van der Waals surface area contributed by atoms with Crippen LogP contribution in [-0.2, 0) is 6.42 Å². The summed E-state index contributed by atoms with van der Waals surface area (Å²) in [7, 11) is 1.67. The standard InChI is InChI=1S/C17H21NO2/c1-20-16-9-5-6-14(12-16)10-11-18-13-17(19)15-7-3-2-4-8-15/h2-9,12,17-19H,10-11,13H2,1H3. The second kappa shape index (κ2) is 7.68. The molecule has 1 unspecified atom stereocenters. The Hall–Kier alpha value is -1.84. The third-order valence-corrected chi connectivity index (χ3v) is 3.25. The van der Waals surface area contributed by atoms with Gasteiger partial charge in [0.15, 0.2) is 0 Å². The number of aliphatic hydroxyl groups is 1. The Labute approximate surface area is 120 Å². The molecule has 1 atom stereocenters. The van der Waals surface area contributed by atoms with E-state index in [0.29, 0.717) is 6.54 Å². The summed E-state index contributed by atoms with van der Waals surface area (Å²) in [6.45, 7) is 1.39. The molecule has 0 bridgehead atoms. The molecule has 0 aliphatic carbocycles. The van der Waals surface area contributed by atoms with Gasteiger partial charge in [-0.3, -0.25) is 0 Å². The van der Waals surface area contributed by atoms with Crippen LogP contribution in [-0.4, -0.2) is 25.3 Å². The quantitative estimate of drug-likeness (QED) is 0.760. The van der Waals surface area contributed by atoms with Crippen molar-refractivity contribution in [3.8, 4) is 5.75 Å². The van der Waals surface area contributed by atoms with Crippen LogP contribution in [0.2, 0.25) is 0 Å². The maximum absolute atomic E-state index is 10.0. The fourth-order valence-corrected chi connectivity index (χ4v) is 2.09. The third-order valence-electron chi connectivity index (χ3n) is 3.25. The highest BCUT2D eigenvalue weighted by atomic mass is 16.5. The van der Waals surface area contributed by atoms with Gasteiger partial charge in [-0.05, 0) is 36.2 Å². The molecule has 2 aromatic rings. The van der Waals surface area contributed by atoms with E-state index in [4.69, 9.17) is 4.74 Å². The fourth-order valence-electron chi connectivity index (χ4n) is 2.09. The van der Waals surface area contributed by atoms with Crippen LogP contribution in [0, 0.1) is 0 Å². The first kappa shape index (κ1) is 14.6. The van der Waals surface area contributed by atoms with Gasteiger partial charge in [0.1, 0.15) is 5.75 Å². The zero-order valence-electron chi connectivity index (χ0n) is 11.8. The first-order valence-corrected chi connectivity index (χ1v) is 6.86. The molecule has 106 valence electrons. The van der Waals surface area contributed by atoms with Crippen molar-refractivity contribution in [3.63, 3.8) is 0 Å². The summed E-state index contributed by atoms with van der Waals surface area (Å²) in [5, 5.41) is 13.3. The SMILES string of the molecule is COc1cccc(CCNCC(O)c2ccccc2)c1. The number of benzene rings is 2. The zero-order valence-corrected chi connectivity index (χ0v) is 11.8. The molecule has 0 amide bonds. The van der Waals surface area contributed by atoms with E-state index < -0.39 is 6.10 Å². The Balaban J connectivity index is 1.73. The van der Waals surface area contributed by atoms with Crippen LogP contribution in [0.3, 0.4) is 0 Å². The number of hydrogen-bond acceptors (Lipinski definition) is 3. The molecule has 2 N–H and O–H groups in total. The highest BCUT2D eigenvalue weighted by molar-refractivity contribution is 5.28. The molecule has 3 nitrogen and oxygen atoms in total. The lowest BCUT2D eigenvalue weighted by molar-refractivity contribution is 0.175. The first-order chi connectivity index (χ1) is 9.79. The van der Waals surface area contributed by atoms with Crippen LogP contribution >= 0.6 is 0 Å². The summed E-state index contributed by atoms with van der Waals surface area (Å²) in [4.78, 5) is 0. The molecule has 0 saturated carbocycles. The van der Waals surface area contributed by atoms with Crippen LogP contribution in [0.15, 0.2) is 54.6 Å². The average molecular weight is 271 g/mol. The van der Waals surface area contributed by atoms with Crippen molar-refractivity contribution in [2.75, 3.05) is 20.2 Å². The van der Waals surface area contributed by atoms with Crippen LogP contribution < -0.4 is 10.1 Å². The molecule has 2 aromatic carbocycles. The molecular formula is C17H21NO2. The summed E-state index contributed by atoms with van der Waals surface area (Å²) < 4.78 is 5.20. The molecule has 0 heterocycles. The van der Waals surface area contributed by atoms with E-state index in [1.807, 2.05) is 48.5 Å². The predicted molar refractivity (Wildman–Crippen MR) is 81.0 cm³/mol. The van der Waals surface area contributed by atoms with Crippen molar-refractivity contribution in [3.05, 3.63) is 65.7 Å². The lowest BCUT2D eigenvalue weighted by Gasteiger charge is -2.12. The molecule has 0 radical (unpaired) electrons. The molecule has 0 spiro atoms. The summed E-state index contributed by atoms with van der Waals surface area (Å²) in [6, 6.07) is 17.8. The maximum atomic E-state index is 10.0. The van der Waals surface area contributed by atoms with Gasteiger partial charge in [0.2, 0.25) is 0 Å². The third kappa shape index (κ3) is 4.37. The van der Waals surface area contributed by atoms with Crippen LogP contribution in [0.5, 0.6) is 5.75 Å². The number of ether oxygens (including phenoxy) is 1. The Bertz CT molecular complexity index is 513. The van der Waals surface area contributed by atoms with Gasteiger partial charge in [-0.15, -0.1) is 0 Å². The Morgan fingerprint density at radius 2 is 1.90 bits per heavy atom. The number of rotatable bonds is 7. The topological polar surface area (TPSA) is 41.5 Å². The average Bonchev–Trinajstić information content (AvgIpc) is 2.52. The lowest BCUT2D eigenvalue weighted by Crippen LogP contribution is -2.23. The molecule has 0 aliphatic rings. The van der Waals surface area contributed by atoms with E-state index in [1.54, 1.807) is 7.11 Å². The molecule has 0 fully saturated rings. The van der Waals surface area contributed by atoms with Gasteiger partial charge >= 0.3 is 0 Å². The van der Waals surface area contributed by atoms with E-state index in [2.05, 4.69) is 11.4 Å². The van der Waals surface area contributed by atoms with Crippen LogP contribution in [0.4, 0.5) is 0 Å². The molecule has 20 heavy (non-hydrogen) atoms. The largest absolute Gasteiger partial charge is 0.497 e. The Morgan fingerprint density at radius 1 is 1.10 bits per heavy atom. The molecule has 2 rings (SSSR count). The number of nitrogens with one attached hydrogen (secondary N) is 1. The van der Waals surface area contributed by atoms with Crippen molar-refractivity contribution >= 4 is 0 Å². The molecular weight excluding hydrogens is 250 g/mol. The van der Waals surface area contributed by atoms with Crippen molar-refractivity contribution in [2.45, 2.75) is 12.5 Å². The first-order valence-electron chi connectivity index (χ1n) is 6.86. The molecule has 0 aliphatic heterocycles. The summed E-state index contributed by atoms with van der Waals surface area (Å²) >= 11 is 0. The van der Waals surface area contributed by atoms with E-state index in [-0.39, 0.29) is 0 Å². The smallest absolute Gasteiger partial charge is 0.119 e. The van der Waals surface area contributed by atoms with Gasteiger partial charge in [-0.2, -0.15) is 0 Å². The van der Waals surface area contributed by atoms with E-state index in [0.717, 1.165) is 24.3 Å². The summed E-state index contributed by atoms with van der Waals surface area (Å²) in [5.74, 6) is 0.881. The van der Waals surface area contributed by atoms with Crippen LogP contribution in [0.1, 0.15) is 17.2 Å². The van der Waals surface area contributed by atoms with Gasteiger partial charge in [-0.25, -0.2) is 0 Å². The number of methoxy groups -OCH3 is 1. The second-order valence-corrected chi connectivity index (χ2v) is 4.73. The van der Waals surface area contributed by atoms with Gasteiger partial charge in [-0.1, -0.05) is 42.5 Å². The highest BCUT2D eigenvalue weighted by Gasteiger charge is 2.05. The minimum absolute atomic E-state index is 0.457. The minimum atomic E-state index is -0.457. The van der Waals surface area contributed by atoms with Gasteiger partial charge in [0, 0.05) is 6.54 Å². The van der Waals surface area contributed by atoms with E-state index in [9.17, 15) is 5.11 Å². The minimum Gasteiger partial charge on any atom is -0.497 e. The molecule has 0 aromatic heterocycles. The Morgan fingerprint density at radius 3 is 2.65 bits per heavy atom. The molecule has 3 heteroatoms. The van der Waals surface area contributed by atoms with Gasteiger partial charge in [0.05, 0.1) is 13.2 Å². The van der Waals surface area contributed by atoms with Crippen molar-refractivity contribution < 1.29 is 9.84 Å². The number of aliphatic hydroxyl groups excluding tert-OH is 1. The van der Waals surface area contributed by atoms with Crippen molar-refractivity contribution in [1.29, 1.82) is 0 Å². The van der Waals surface area contributed by atoms with Gasteiger partial charge < -0.3 is 15.2 Å². The van der Waals surface area contributed by atoms with E-state index >= 15 is 0 Å². The summed E-state index contributed by atoms with van der Waals surface area (Å²) in [6.07, 6.45) is 0.458. The Kier molecular flexibility index (Phi) is 5.59. The van der Waals surface area contributed by atoms with Crippen LogP contribution in [0.25, 0.3) is 0 Å². The summed E-state index contributed by atoms with van der Waals surface area (Å²) in [5.41, 5.74) is 2.17. The van der Waals surface area contributed by atoms with E-state index in [1.165, 1.54) is 5.56 Å². The normalized spacial score (nSPS) is 12.1. The monoisotopic (exact) mass is 271 g/mol. The zero-order chi connectivity index (χ0) is 14.2. The lowest BCUT2D eigenvalue weighted by atomic mass is 10.1. The highest BCUT2D eigenvalue weighted by Crippen LogP contribution is 2.13. The van der Waals surface area contributed by atoms with Crippen molar-refractivity contribution in [2.24, 2.45) is 0 Å². The predicted octanol–water partition coefficient (Wildman–Crippen LogP) is 2.56. The second-order valence-electron chi connectivity index (χ2n) is 4.73. The fraction of sp³-hybridized carbons (Fsp3) is 0.294.